The summed E-state index contributed by atoms with van der Waals surface area (Å²) in [6, 6.07) is 16.7. The van der Waals surface area contributed by atoms with Gasteiger partial charge in [0.1, 0.15) is 5.82 Å². The Morgan fingerprint density at radius 2 is 1.81 bits per heavy atom. The van der Waals surface area contributed by atoms with Crippen molar-refractivity contribution in [3.05, 3.63) is 54.4 Å². The SMILES string of the molecule is CCCn1c(CN2CCN(c3ccccc3)CC2)nc2cc(NC(=O)C(C)C)ccc21. The Bertz CT molecular complexity index is 1020. The van der Waals surface area contributed by atoms with Crippen molar-refractivity contribution in [2.75, 3.05) is 36.4 Å². The Hall–Kier alpha value is -2.86. The van der Waals surface area contributed by atoms with Crippen molar-refractivity contribution >= 4 is 28.3 Å². The average Bonchev–Trinajstić information content (AvgIpc) is 3.11. The van der Waals surface area contributed by atoms with Gasteiger partial charge >= 0.3 is 0 Å². The molecule has 0 spiro atoms. The second-order valence-electron chi connectivity index (χ2n) is 8.63. The van der Waals surface area contributed by atoms with E-state index in [1.54, 1.807) is 0 Å². The van der Waals surface area contributed by atoms with Crippen LogP contribution in [0.4, 0.5) is 11.4 Å². The number of para-hydroxylation sites is 1. The molecule has 6 nitrogen and oxygen atoms in total. The molecule has 3 aromatic rings. The van der Waals surface area contributed by atoms with E-state index in [0.29, 0.717) is 0 Å². The smallest absolute Gasteiger partial charge is 0.226 e. The summed E-state index contributed by atoms with van der Waals surface area (Å²) in [4.78, 5) is 22.0. The number of anilines is 2. The first-order valence-electron chi connectivity index (χ1n) is 11.4. The zero-order chi connectivity index (χ0) is 21.8. The molecule has 0 aliphatic carbocycles. The molecule has 164 valence electrons. The van der Waals surface area contributed by atoms with Gasteiger partial charge in [-0.1, -0.05) is 39.0 Å². The Balaban J connectivity index is 1.49. The fraction of sp³-hybridized carbons (Fsp3) is 0.440. The van der Waals surface area contributed by atoms with E-state index in [-0.39, 0.29) is 11.8 Å². The number of piperazine rings is 1. The number of rotatable bonds is 7. The molecule has 1 fully saturated rings. The van der Waals surface area contributed by atoms with E-state index in [4.69, 9.17) is 4.98 Å². The number of carbonyl (C=O) groups excluding carboxylic acids is 1. The van der Waals surface area contributed by atoms with E-state index < -0.39 is 0 Å². The van der Waals surface area contributed by atoms with Crippen molar-refractivity contribution in [1.82, 2.24) is 14.5 Å². The highest BCUT2D eigenvalue weighted by atomic mass is 16.1. The molecule has 0 bridgehead atoms. The molecule has 4 rings (SSSR count). The summed E-state index contributed by atoms with van der Waals surface area (Å²) in [5.74, 6) is 1.10. The first-order chi connectivity index (χ1) is 15.0. The van der Waals surface area contributed by atoms with Gasteiger partial charge in [0.05, 0.1) is 17.6 Å². The number of aromatic nitrogens is 2. The Morgan fingerprint density at radius 3 is 2.48 bits per heavy atom. The lowest BCUT2D eigenvalue weighted by molar-refractivity contribution is -0.118. The summed E-state index contributed by atoms with van der Waals surface area (Å²) in [5, 5.41) is 2.99. The molecule has 6 heteroatoms. The molecule has 0 radical (unpaired) electrons. The summed E-state index contributed by atoms with van der Waals surface area (Å²) in [7, 11) is 0. The van der Waals surface area contributed by atoms with Crippen LogP contribution in [0.15, 0.2) is 48.5 Å². The minimum Gasteiger partial charge on any atom is -0.369 e. The standard InChI is InChI=1S/C25H33N5O/c1-4-12-30-23-11-10-20(26-25(31)19(2)3)17-22(23)27-24(30)18-28-13-15-29(16-14-28)21-8-6-5-7-9-21/h5-11,17,19H,4,12-16,18H2,1-3H3,(H,26,31). The number of fused-ring (bicyclic) bond motifs is 1. The van der Waals surface area contributed by atoms with E-state index in [0.717, 1.165) is 68.2 Å². The van der Waals surface area contributed by atoms with Gasteiger partial charge in [0.2, 0.25) is 5.91 Å². The summed E-state index contributed by atoms with van der Waals surface area (Å²) >= 11 is 0. The molecule has 0 saturated carbocycles. The maximum absolute atomic E-state index is 12.1. The molecule has 1 saturated heterocycles. The average molecular weight is 420 g/mol. The van der Waals surface area contributed by atoms with Crippen LogP contribution in [-0.4, -0.2) is 46.5 Å². The highest BCUT2D eigenvalue weighted by Crippen LogP contribution is 2.23. The van der Waals surface area contributed by atoms with Crippen LogP contribution in [0.3, 0.4) is 0 Å². The van der Waals surface area contributed by atoms with Crippen LogP contribution in [0, 0.1) is 5.92 Å². The number of aryl methyl sites for hydroxylation is 1. The van der Waals surface area contributed by atoms with E-state index >= 15 is 0 Å². The Morgan fingerprint density at radius 1 is 1.06 bits per heavy atom. The third kappa shape index (κ3) is 4.90. The minimum atomic E-state index is -0.0431. The number of hydrogen-bond acceptors (Lipinski definition) is 4. The van der Waals surface area contributed by atoms with Crippen molar-refractivity contribution in [2.45, 2.75) is 40.3 Å². The number of nitrogens with one attached hydrogen (secondary N) is 1. The van der Waals surface area contributed by atoms with Crippen molar-refractivity contribution < 1.29 is 4.79 Å². The second kappa shape index (κ2) is 9.52. The molecule has 2 heterocycles. The second-order valence-corrected chi connectivity index (χ2v) is 8.63. The molecule has 1 aliphatic heterocycles. The third-order valence-electron chi connectivity index (χ3n) is 5.93. The molecular formula is C25H33N5O. The van der Waals surface area contributed by atoms with Gasteiger partial charge in [0.25, 0.3) is 0 Å². The van der Waals surface area contributed by atoms with E-state index in [1.165, 1.54) is 5.69 Å². The molecule has 31 heavy (non-hydrogen) atoms. The molecule has 0 atom stereocenters. The number of nitrogens with zero attached hydrogens (tertiary/aromatic N) is 4. The molecule has 1 aromatic heterocycles. The Kier molecular flexibility index (Phi) is 6.56. The molecule has 2 aromatic carbocycles. The predicted molar refractivity (Wildman–Crippen MR) is 127 cm³/mol. The van der Waals surface area contributed by atoms with Gasteiger partial charge in [-0.2, -0.15) is 0 Å². The van der Waals surface area contributed by atoms with Gasteiger partial charge < -0.3 is 14.8 Å². The summed E-state index contributed by atoms with van der Waals surface area (Å²) in [6.45, 7) is 11.9. The van der Waals surface area contributed by atoms with Crippen LogP contribution in [0.1, 0.15) is 33.0 Å². The zero-order valence-electron chi connectivity index (χ0n) is 18.8. The van der Waals surface area contributed by atoms with Gasteiger partial charge in [-0.25, -0.2) is 4.98 Å². The van der Waals surface area contributed by atoms with E-state index in [9.17, 15) is 4.79 Å². The van der Waals surface area contributed by atoms with Crippen molar-refractivity contribution in [3.63, 3.8) is 0 Å². The van der Waals surface area contributed by atoms with Crippen LogP contribution in [0.25, 0.3) is 11.0 Å². The normalized spacial score (nSPS) is 15.0. The summed E-state index contributed by atoms with van der Waals surface area (Å²) < 4.78 is 2.34. The number of hydrogen-bond donors (Lipinski definition) is 1. The van der Waals surface area contributed by atoms with Crippen LogP contribution < -0.4 is 10.2 Å². The molecule has 1 aliphatic rings. The lowest BCUT2D eigenvalue weighted by atomic mass is 10.2. The number of benzene rings is 2. The molecular weight excluding hydrogens is 386 g/mol. The summed E-state index contributed by atoms with van der Waals surface area (Å²) in [6.07, 6.45) is 1.06. The summed E-state index contributed by atoms with van der Waals surface area (Å²) in [5.41, 5.74) is 4.21. The third-order valence-corrected chi connectivity index (χ3v) is 5.93. The van der Waals surface area contributed by atoms with E-state index in [2.05, 4.69) is 63.0 Å². The van der Waals surface area contributed by atoms with Crippen LogP contribution in [0.2, 0.25) is 0 Å². The fourth-order valence-electron chi connectivity index (χ4n) is 4.14. The van der Waals surface area contributed by atoms with Crippen LogP contribution >= 0.6 is 0 Å². The van der Waals surface area contributed by atoms with Gasteiger partial charge in [0, 0.05) is 50.0 Å². The lowest BCUT2D eigenvalue weighted by Crippen LogP contribution is -2.46. The quantitative estimate of drug-likeness (QED) is 0.618. The topological polar surface area (TPSA) is 53.4 Å². The van der Waals surface area contributed by atoms with Gasteiger partial charge in [-0.3, -0.25) is 9.69 Å². The monoisotopic (exact) mass is 419 g/mol. The number of amides is 1. The van der Waals surface area contributed by atoms with Crippen molar-refractivity contribution in [1.29, 1.82) is 0 Å². The molecule has 1 N–H and O–H groups in total. The fourth-order valence-corrected chi connectivity index (χ4v) is 4.14. The largest absolute Gasteiger partial charge is 0.369 e. The Labute approximate surface area is 184 Å². The maximum atomic E-state index is 12.1. The zero-order valence-corrected chi connectivity index (χ0v) is 18.8. The van der Waals surface area contributed by atoms with Crippen LogP contribution in [0.5, 0.6) is 0 Å². The molecule has 1 amide bonds. The highest BCUT2D eigenvalue weighted by Gasteiger charge is 2.20. The first kappa shape index (κ1) is 21.4. The first-order valence-corrected chi connectivity index (χ1v) is 11.4. The maximum Gasteiger partial charge on any atom is 0.226 e. The minimum absolute atomic E-state index is 0.0313. The number of carbonyl (C=O) groups is 1. The van der Waals surface area contributed by atoms with E-state index in [1.807, 2.05) is 26.0 Å². The number of imidazole rings is 1. The molecule has 0 unspecified atom stereocenters. The highest BCUT2D eigenvalue weighted by molar-refractivity contribution is 5.94. The van der Waals surface area contributed by atoms with Crippen molar-refractivity contribution in [2.24, 2.45) is 5.92 Å². The van der Waals surface area contributed by atoms with Gasteiger partial charge in [-0.15, -0.1) is 0 Å². The van der Waals surface area contributed by atoms with Crippen LogP contribution in [-0.2, 0) is 17.9 Å². The van der Waals surface area contributed by atoms with Gasteiger partial charge in [0.15, 0.2) is 0 Å². The van der Waals surface area contributed by atoms with Crippen molar-refractivity contribution in [3.8, 4) is 0 Å². The lowest BCUT2D eigenvalue weighted by Gasteiger charge is -2.36. The van der Waals surface area contributed by atoms with Gasteiger partial charge in [-0.05, 0) is 36.8 Å². The predicted octanol–water partition coefficient (Wildman–Crippen LogP) is 4.36.